The lowest BCUT2D eigenvalue weighted by molar-refractivity contribution is -0.389. The molecule has 2 aromatic rings. The summed E-state index contributed by atoms with van der Waals surface area (Å²) in [7, 11) is 0. The van der Waals surface area contributed by atoms with Gasteiger partial charge in [0.2, 0.25) is 6.33 Å². The number of benzene rings is 1. The number of imidazole rings is 1. The molecule has 0 bridgehead atoms. The fourth-order valence-corrected chi connectivity index (χ4v) is 1.78. The molecule has 1 heterocycles. The number of rotatable bonds is 3. The summed E-state index contributed by atoms with van der Waals surface area (Å²) in [5, 5.41) is 10.5. The van der Waals surface area contributed by atoms with Crippen molar-refractivity contribution in [1.29, 1.82) is 0 Å². The predicted octanol–water partition coefficient (Wildman–Crippen LogP) is 3.17. The van der Waals surface area contributed by atoms with Crippen molar-refractivity contribution < 1.29 is 18.1 Å². The number of aryl methyl sites for hydroxylation is 1. The van der Waals surface area contributed by atoms with Crippen molar-refractivity contribution in [3.63, 3.8) is 0 Å². The number of halogens is 3. The molecule has 20 heavy (non-hydrogen) atoms. The van der Waals surface area contributed by atoms with Gasteiger partial charge in [0, 0.05) is 0 Å². The molecule has 0 radical (unpaired) electrons. The summed E-state index contributed by atoms with van der Waals surface area (Å²) in [6.07, 6.45) is -1.87. The number of hydrogen-bond donors (Lipinski definition) is 0. The smallest absolute Gasteiger partial charge is 0.358 e. The van der Waals surface area contributed by atoms with E-state index >= 15 is 0 Å². The van der Waals surface area contributed by atoms with Gasteiger partial charge in [-0.3, -0.25) is 0 Å². The molecule has 0 saturated heterocycles. The van der Waals surface area contributed by atoms with Crippen LogP contribution in [0.1, 0.15) is 16.7 Å². The topological polar surface area (TPSA) is 61.0 Å². The summed E-state index contributed by atoms with van der Waals surface area (Å²) >= 11 is 0. The van der Waals surface area contributed by atoms with Crippen molar-refractivity contribution >= 4 is 5.82 Å². The molecule has 0 aliphatic heterocycles. The molecule has 0 aliphatic carbocycles. The minimum absolute atomic E-state index is 0.227. The van der Waals surface area contributed by atoms with E-state index in [-0.39, 0.29) is 12.4 Å². The Bertz CT molecular complexity index is 650. The largest absolute Gasteiger partial charge is 0.416 e. The van der Waals surface area contributed by atoms with E-state index < -0.39 is 16.7 Å². The van der Waals surface area contributed by atoms with Crippen LogP contribution in [-0.2, 0) is 12.7 Å². The number of aromatic nitrogens is 2. The summed E-state index contributed by atoms with van der Waals surface area (Å²) < 4.78 is 39.0. The maximum Gasteiger partial charge on any atom is 0.416 e. The second-order valence-electron chi connectivity index (χ2n) is 4.30. The monoisotopic (exact) mass is 285 g/mol. The highest BCUT2D eigenvalue weighted by atomic mass is 19.4. The first kappa shape index (κ1) is 14.0. The summed E-state index contributed by atoms with van der Waals surface area (Å²) in [5.41, 5.74) is 0.400. The molecule has 5 nitrogen and oxygen atoms in total. The highest BCUT2D eigenvalue weighted by Crippen LogP contribution is 2.30. The van der Waals surface area contributed by atoms with Crippen LogP contribution in [0.4, 0.5) is 19.0 Å². The van der Waals surface area contributed by atoms with E-state index in [4.69, 9.17) is 0 Å². The van der Waals surface area contributed by atoms with Crippen LogP contribution in [0.5, 0.6) is 0 Å². The van der Waals surface area contributed by atoms with Crippen molar-refractivity contribution in [2.24, 2.45) is 0 Å². The van der Waals surface area contributed by atoms with Gasteiger partial charge in [-0.05, 0) is 40.1 Å². The van der Waals surface area contributed by atoms with Crippen molar-refractivity contribution in [3.8, 4) is 0 Å². The maximum absolute atomic E-state index is 12.5. The number of alkyl halides is 3. The highest BCUT2D eigenvalue weighted by molar-refractivity contribution is 5.33. The van der Waals surface area contributed by atoms with E-state index in [1.54, 1.807) is 6.92 Å². The standard InChI is InChI=1S/C12H10F3N3O2/c1-8-4-10(12(13,14)15)3-2-9(8)5-17-6-11(16-7-17)18(19)20/h2-4,6-7H,5H2,1H3. The van der Waals surface area contributed by atoms with Crippen LogP contribution in [0.25, 0.3) is 0 Å². The third kappa shape index (κ3) is 2.95. The predicted molar refractivity (Wildman–Crippen MR) is 64.2 cm³/mol. The maximum atomic E-state index is 12.5. The van der Waals surface area contributed by atoms with E-state index in [1.165, 1.54) is 23.2 Å². The fraction of sp³-hybridized carbons (Fsp3) is 0.250. The van der Waals surface area contributed by atoms with E-state index in [0.717, 1.165) is 12.1 Å². The Hall–Kier alpha value is -2.38. The Morgan fingerprint density at radius 1 is 1.40 bits per heavy atom. The molecule has 0 amide bonds. The molecule has 8 heteroatoms. The average molecular weight is 285 g/mol. The van der Waals surface area contributed by atoms with Gasteiger partial charge in [0.25, 0.3) is 0 Å². The van der Waals surface area contributed by atoms with E-state index in [2.05, 4.69) is 4.98 Å². The van der Waals surface area contributed by atoms with Gasteiger partial charge in [0.15, 0.2) is 0 Å². The minimum Gasteiger partial charge on any atom is -0.358 e. The molecule has 0 atom stereocenters. The Labute approximate surface area is 111 Å². The van der Waals surface area contributed by atoms with Crippen LogP contribution in [0, 0.1) is 17.0 Å². The number of hydrogen-bond acceptors (Lipinski definition) is 3. The second-order valence-corrected chi connectivity index (χ2v) is 4.30. The third-order valence-electron chi connectivity index (χ3n) is 2.83. The van der Waals surface area contributed by atoms with Crippen molar-refractivity contribution in [2.45, 2.75) is 19.6 Å². The average Bonchev–Trinajstić information content (AvgIpc) is 2.79. The first-order valence-electron chi connectivity index (χ1n) is 5.60. The van der Waals surface area contributed by atoms with Crippen LogP contribution in [0.15, 0.2) is 30.7 Å². The van der Waals surface area contributed by atoms with Gasteiger partial charge in [-0.1, -0.05) is 6.07 Å². The molecule has 1 aromatic carbocycles. The summed E-state index contributed by atoms with van der Waals surface area (Å²) in [6.45, 7) is 1.79. The van der Waals surface area contributed by atoms with Gasteiger partial charge in [-0.15, -0.1) is 0 Å². The first-order chi connectivity index (χ1) is 9.27. The quantitative estimate of drug-likeness (QED) is 0.642. The fourth-order valence-electron chi connectivity index (χ4n) is 1.78. The first-order valence-corrected chi connectivity index (χ1v) is 5.60. The summed E-state index contributed by atoms with van der Waals surface area (Å²) in [6, 6.07) is 3.42. The van der Waals surface area contributed by atoms with E-state index in [1.807, 2.05) is 0 Å². The Balaban J connectivity index is 2.23. The number of nitro groups is 1. The summed E-state index contributed by atoms with van der Waals surface area (Å²) in [5.74, 6) is -0.297. The van der Waals surface area contributed by atoms with Gasteiger partial charge in [0.1, 0.15) is 6.20 Å². The van der Waals surface area contributed by atoms with Crippen molar-refractivity contribution in [3.05, 3.63) is 57.5 Å². The second kappa shape index (κ2) is 4.95. The SMILES string of the molecule is Cc1cc(C(F)(F)F)ccc1Cn1cnc([N+](=O)[O-])c1. The van der Waals surface area contributed by atoms with Crippen molar-refractivity contribution in [2.75, 3.05) is 0 Å². The molecule has 0 fully saturated rings. The molecular weight excluding hydrogens is 275 g/mol. The number of nitrogens with zero attached hydrogens (tertiary/aromatic N) is 3. The highest BCUT2D eigenvalue weighted by Gasteiger charge is 2.30. The minimum atomic E-state index is -4.38. The van der Waals surface area contributed by atoms with Gasteiger partial charge >= 0.3 is 12.0 Å². The van der Waals surface area contributed by atoms with Crippen LogP contribution in [0.3, 0.4) is 0 Å². The lowest BCUT2D eigenvalue weighted by Gasteiger charge is -2.11. The van der Waals surface area contributed by atoms with Crippen LogP contribution in [-0.4, -0.2) is 14.5 Å². The Morgan fingerprint density at radius 2 is 2.10 bits per heavy atom. The molecule has 106 valence electrons. The van der Waals surface area contributed by atoms with Gasteiger partial charge in [0.05, 0.1) is 12.1 Å². The molecule has 0 spiro atoms. The molecule has 2 rings (SSSR count). The molecule has 1 aromatic heterocycles. The zero-order valence-corrected chi connectivity index (χ0v) is 10.4. The van der Waals surface area contributed by atoms with Crippen LogP contribution < -0.4 is 0 Å². The van der Waals surface area contributed by atoms with Gasteiger partial charge in [-0.2, -0.15) is 13.2 Å². The summed E-state index contributed by atoms with van der Waals surface area (Å²) in [4.78, 5) is 13.4. The van der Waals surface area contributed by atoms with E-state index in [9.17, 15) is 23.3 Å². The zero-order chi connectivity index (χ0) is 14.9. The molecule has 0 unspecified atom stereocenters. The third-order valence-corrected chi connectivity index (χ3v) is 2.83. The zero-order valence-electron chi connectivity index (χ0n) is 10.4. The molecule has 0 N–H and O–H groups in total. The van der Waals surface area contributed by atoms with Crippen LogP contribution >= 0.6 is 0 Å². The lowest BCUT2D eigenvalue weighted by atomic mass is 10.0. The van der Waals surface area contributed by atoms with E-state index in [0.29, 0.717) is 11.1 Å². The lowest BCUT2D eigenvalue weighted by Crippen LogP contribution is -2.07. The molecular formula is C12H10F3N3O2. The molecule has 0 saturated carbocycles. The normalized spacial score (nSPS) is 11.6. The van der Waals surface area contributed by atoms with Crippen LogP contribution in [0.2, 0.25) is 0 Å². The Kier molecular flexibility index (Phi) is 3.47. The van der Waals surface area contributed by atoms with Gasteiger partial charge in [-0.25, -0.2) is 0 Å². The molecule has 0 aliphatic rings. The van der Waals surface area contributed by atoms with Crippen molar-refractivity contribution in [1.82, 2.24) is 9.55 Å². The Morgan fingerprint density at radius 3 is 2.60 bits per heavy atom. The van der Waals surface area contributed by atoms with Gasteiger partial charge < -0.3 is 14.7 Å².